The molecular weight excluding hydrogens is 220 g/mol. The third kappa shape index (κ3) is 3.90. The zero-order valence-electron chi connectivity index (χ0n) is 10.1. The van der Waals surface area contributed by atoms with Gasteiger partial charge in [-0.1, -0.05) is 5.21 Å². The summed E-state index contributed by atoms with van der Waals surface area (Å²) in [6.45, 7) is 2.13. The van der Waals surface area contributed by atoms with Crippen molar-refractivity contribution in [1.82, 2.24) is 20.3 Å². The summed E-state index contributed by atoms with van der Waals surface area (Å²) in [5, 5.41) is 10.9. The minimum absolute atomic E-state index is 0.0593. The minimum Gasteiger partial charge on any atom is -0.370 e. The van der Waals surface area contributed by atoms with E-state index in [1.165, 1.54) is 0 Å². The van der Waals surface area contributed by atoms with Gasteiger partial charge in [0.25, 0.3) is 0 Å². The van der Waals surface area contributed by atoms with E-state index in [2.05, 4.69) is 15.6 Å². The van der Waals surface area contributed by atoms with Gasteiger partial charge in [0, 0.05) is 13.2 Å². The Morgan fingerprint density at radius 2 is 2.35 bits per heavy atom. The lowest BCUT2D eigenvalue weighted by atomic mass is 10.1. The van der Waals surface area contributed by atoms with Crippen LogP contribution in [-0.2, 0) is 23.0 Å². The number of carbonyl (C=O) groups is 1. The molecule has 1 N–H and O–H groups in total. The molecule has 6 nitrogen and oxygen atoms in total. The van der Waals surface area contributed by atoms with Crippen molar-refractivity contribution in [3.8, 4) is 0 Å². The van der Waals surface area contributed by atoms with Crippen molar-refractivity contribution in [2.75, 3.05) is 19.7 Å². The van der Waals surface area contributed by atoms with Gasteiger partial charge in [0.05, 0.1) is 18.2 Å². The van der Waals surface area contributed by atoms with E-state index in [1.54, 1.807) is 17.9 Å². The predicted molar refractivity (Wildman–Crippen MR) is 61.6 cm³/mol. The SMILES string of the molecule is Cn1cc(CC(=O)COC2CCNCC2)nn1. The highest BCUT2D eigenvalue weighted by Crippen LogP contribution is 2.07. The van der Waals surface area contributed by atoms with Crippen LogP contribution in [0.15, 0.2) is 6.20 Å². The summed E-state index contributed by atoms with van der Waals surface area (Å²) in [6, 6.07) is 0. The van der Waals surface area contributed by atoms with Crippen LogP contribution in [0.2, 0.25) is 0 Å². The summed E-state index contributed by atoms with van der Waals surface area (Å²) in [5.41, 5.74) is 0.700. The largest absolute Gasteiger partial charge is 0.370 e. The van der Waals surface area contributed by atoms with Crippen LogP contribution >= 0.6 is 0 Å². The average Bonchev–Trinajstić information content (AvgIpc) is 2.73. The van der Waals surface area contributed by atoms with Crippen LogP contribution in [0.25, 0.3) is 0 Å². The van der Waals surface area contributed by atoms with Crippen LogP contribution in [0.4, 0.5) is 0 Å². The Morgan fingerprint density at radius 3 is 3.00 bits per heavy atom. The Morgan fingerprint density at radius 1 is 1.59 bits per heavy atom. The lowest BCUT2D eigenvalue weighted by Crippen LogP contribution is -2.33. The van der Waals surface area contributed by atoms with Gasteiger partial charge in [-0.2, -0.15) is 0 Å². The topological polar surface area (TPSA) is 69.0 Å². The smallest absolute Gasteiger partial charge is 0.164 e. The van der Waals surface area contributed by atoms with E-state index in [0.29, 0.717) is 12.1 Å². The highest BCUT2D eigenvalue weighted by Gasteiger charge is 2.15. The molecule has 0 saturated carbocycles. The highest BCUT2D eigenvalue weighted by atomic mass is 16.5. The van der Waals surface area contributed by atoms with Crippen molar-refractivity contribution >= 4 is 5.78 Å². The molecule has 0 bridgehead atoms. The van der Waals surface area contributed by atoms with Crippen LogP contribution in [0, 0.1) is 0 Å². The molecule has 94 valence electrons. The molecule has 1 aromatic heterocycles. The number of piperidine rings is 1. The van der Waals surface area contributed by atoms with Crippen LogP contribution < -0.4 is 5.32 Å². The maximum atomic E-state index is 11.6. The van der Waals surface area contributed by atoms with Gasteiger partial charge in [0.1, 0.15) is 6.61 Å². The number of ketones is 1. The molecule has 6 heteroatoms. The monoisotopic (exact) mass is 238 g/mol. The molecule has 2 heterocycles. The first-order valence-corrected chi connectivity index (χ1v) is 5.93. The fraction of sp³-hybridized carbons (Fsp3) is 0.727. The summed E-state index contributed by atoms with van der Waals surface area (Å²) in [7, 11) is 1.78. The van der Waals surface area contributed by atoms with E-state index >= 15 is 0 Å². The summed E-state index contributed by atoms with van der Waals surface area (Å²) in [6.07, 6.45) is 4.25. The molecule has 0 aliphatic carbocycles. The lowest BCUT2D eigenvalue weighted by Gasteiger charge is -2.22. The molecule has 1 aliphatic rings. The zero-order valence-corrected chi connectivity index (χ0v) is 10.1. The number of aromatic nitrogens is 3. The number of nitrogens with zero attached hydrogens (tertiary/aromatic N) is 3. The number of carbonyl (C=O) groups excluding carboxylic acids is 1. The fourth-order valence-electron chi connectivity index (χ4n) is 1.90. The van der Waals surface area contributed by atoms with Gasteiger partial charge in [-0.15, -0.1) is 5.10 Å². The first-order valence-electron chi connectivity index (χ1n) is 5.93. The number of hydrogen-bond acceptors (Lipinski definition) is 5. The Bertz CT molecular complexity index is 371. The van der Waals surface area contributed by atoms with Gasteiger partial charge in [0.2, 0.25) is 0 Å². The van der Waals surface area contributed by atoms with E-state index in [0.717, 1.165) is 25.9 Å². The van der Waals surface area contributed by atoms with Crippen molar-refractivity contribution < 1.29 is 9.53 Å². The van der Waals surface area contributed by atoms with Crippen LogP contribution in [0.5, 0.6) is 0 Å². The van der Waals surface area contributed by atoms with Gasteiger partial charge in [-0.25, -0.2) is 0 Å². The average molecular weight is 238 g/mol. The molecule has 1 fully saturated rings. The Labute approximate surface area is 100 Å². The summed E-state index contributed by atoms with van der Waals surface area (Å²) in [5.74, 6) is 0.0593. The first kappa shape index (κ1) is 12.2. The number of nitrogens with one attached hydrogen (secondary N) is 1. The molecule has 2 rings (SSSR count). The van der Waals surface area contributed by atoms with E-state index in [4.69, 9.17) is 4.74 Å². The van der Waals surface area contributed by atoms with E-state index in [9.17, 15) is 4.79 Å². The molecule has 0 atom stereocenters. The van der Waals surface area contributed by atoms with Gasteiger partial charge in [0.15, 0.2) is 5.78 Å². The van der Waals surface area contributed by atoms with Gasteiger partial charge in [-0.05, 0) is 25.9 Å². The molecule has 0 radical (unpaired) electrons. The molecule has 1 aromatic rings. The standard InChI is InChI=1S/C11H18N4O2/c1-15-7-9(13-14-15)6-10(16)8-17-11-2-4-12-5-3-11/h7,11-12H,2-6,8H2,1H3. The Kier molecular flexibility index (Phi) is 4.22. The Balaban J connectivity index is 1.70. The maximum absolute atomic E-state index is 11.6. The maximum Gasteiger partial charge on any atom is 0.164 e. The summed E-state index contributed by atoms with van der Waals surface area (Å²) >= 11 is 0. The number of Topliss-reactive ketones (excluding diaryl/α,β-unsaturated/α-hetero) is 1. The third-order valence-electron chi connectivity index (χ3n) is 2.79. The second kappa shape index (κ2) is 5.88. The Hall–Kier alpha value is -1.27. The van der Waals surface area contributed by atoms with Crippen molar-refractivity contribution in [3.05, 3.63) is 11.9 Å². The van der Waals surface area contributed by atoms with E-state index in [-0.39, 0.29) is 18.5 Å². The molecule has 17 heavy (non-hydrogen) atoms. The normalized spacial score (nSPS) is 17.2. The minimum atomic E-state index is 0.0593. The molecule has 0 spiro atoms. The highest BCUT2D eigenvalue weighted by molar-refractivity contribution is 5.81. The first-order chi connectivity index (χ1) is 8.24. The van der Waals surface area contributed by atoms with Crippen molar-refractivity contribution in [2.45, 2.75) is 25.4 Å². The molecule has 1 aliphatic heterocycles. The number of rotatable bonds is 5. The van der Waals surface area contributed by atoms with E-state index < -0.39 is 0 Å². The summed E-state index contributed by atoms with van der Waals surface area (Å²) < 4.78 is 7.17. The zero-order chi connectivity index (χ0) is 12.1. The van der Waals surface area contributed by atoms with Crippen LogP contribution in [0.3, 0.4) is 0 Å². The molecule has 1 saturated heterocycles. The van der Waals surface area contributed by atoms with E-state index in [1.807, 2.05) is 0 Å². The van der Waals surface area contributed by atoms with Crippen LogP contribution in [0.1, 0.15) is 18.5 Å². The fourth-order valence-corrected chi connectivity index (χ4v) is 1.90. The molecule has 0 aromatic carbocycles. The number of aryl methyl sites for hydroxylation is 1. The van der Waals surface area contributed by atoms with Crippen molar-refractivity contribution in [1.29, 1.82) is 0 Å². The van der Waals surface area contributed by atoms with Gasteiger partial charge >= 0.3 is 0 Å². The molecule has 0 amide bonds. The van der Waals surface area contributed by atoms with Gasteiger partial charge in [-0.3, -0.25) is 9.48 Å². The predicted octanol–water partition coefficient (Wildman–Crippen LogP) is -0.305. The summed E-state index contributed by atoms with van der Waals surface area (Å²) in [4.78, 5) is 11.6. The number of ether oxygens (including phenoxy) is 1. The van der Waals surface area contributed by atoms with Crippen LogP contribution in [-0.4, -0.2) is 46.6 Å². The lowest BCUT2D eigenvalue weighted by molar-refractivity contribution is -0.125. The second-order valence-corrected chi connectivity index (χ2v) is 4.36. The molecule has 0 unspecified atom stereocenters. The second-order valence-electron chi connectivity index (χ2n) is 4.36. The third-order valence-corrected chi connectivity index (χ3v) is 2.79. The number of hydrogen-bond donors (Lipinski definition) is 1. The quantitative estimate of drug-likeness (QED) is 0.762. The van der Waals surface area contributed by atoms with Crippen molar-refractivity contribution in [3.63, 3.8) is 0 Å². The molecular formula is C11H18N4O2. The van der Waals surface area contributed by atoms with Gasteiger partial charge < -0.3 is 10.1 Å². The van der Waals surface area contributed by atoms with Crippen molar-refractivity contribution in [2.24, 2.45) is 7.05 Å².